The minimum atomic E-state index is -0.844. The van der Waals surface area contributed by atoms with Crippen LogP contribution in [-0.4, -0.2) is 29.8 Å². The lowest BCUT2D eigenvalue weighted by Gasteiger charge is -2.32. The van der Waals surface area contributed by atoms with Gasteiger partial charge in [0.1, 0.15) is 5.73 Å². The average Bonchev–Trinajstić information content (AvgIpc) is 2.63. The van der Waals surface area contributed by atoms with Gasteiger partial charge in [-0.3, -0.25) is 0 Å². The molecule has 0 saturated carbocycles. The maximum Gasteiger partial charge on any atom is 0.525 e. The number of hydrogen-bond donors (Lipinski definition) is 0. The maximum atomic E-state index is 14.6. The van der Waals surface area contributed by atoms with Crippen LogP contribution < -0.4 is 0 Å². The number of hydrogen-bond acceptors (Lipinski definition) is 3. The lowest BCUT2D eigenvalue weighted by atomic mass is 9.77. The molecule has 0 aromatic heterocycles. The fourth-order valence-corrected chi connectivity index (χ4v) is 3.69. The molecule has 0 spiro atoms. The highest BCUT2D eigenvalue weighted by molar-refractivity contribution is 7.99. The van der Waals surface area contributed by atoms with Gasteiger partial charge in [-0.15, -0.1) is 0 Å². The van der Waals surface area contributed by atoms with Gasteiger partial charge in [0.25, 0.3) is 0 Å². The molecule has 102 valence electrons. The van der Waals surface area contributed by atoms with Gasteiger partial charge in [-0.05, 0) is 38.7 Å². The standard InChI is InChI=1S/C13H22BFO2S/c1-11(2)8-18-7-9(11)10(15)14-16-12(3,4)13(5,6)17-14/h7-8H2,1-6H3. The maximum absolute atomic E-state index is 14.6. The van der Waals surface area contributed by atoms with Crippen LogP contribution in [0.3, 0.4) is 0 Å². The minimum absolute atomic E-state index is 0.0989. The molecule has 0 aromatic carbocycles. The Labute approximate surface area is 114 Å². The van der Waals surface area contributed by atoms with Crippen molar-refractivity contribution >= 4 is 18.9 Å². The van der Waals surface area contributed by atoms with Gasteiger partial charge in [-0.1, -0.05) is 13.8 Å². The van der Waals surface area contributed by atoms with E-state index in [1.165, 1.54) is 0 Å². The van der Waals surface area contributed by atoms with E-state index >= 15 is 0 Å². The zero-order valence-electron chi connectivity index (χ0n) is 12.1. The summed E-state index contributed by atoms with van der Waals surface area (Å²) in [7, 11) is -0.844. The first kappa shape index (κ1) is 14.4. The van der Waals surface area contributed by atoms with Crippen LogP contribution in [-0.2, 0) is 9.31 Å². The van der Waals surface area contributed by atoms with Crippen molar-refractivity contribution in [1.29, 1.82) is 0 Å². The zero-order valence-corrected chi connectivity index (χ0v) is 12.9. The Kier molecular flexibility index (Phi) is 3.41. The summed E-state index contributed by atoms with van der Waals surface area (Å²) in [5, 5.41) is 0. The third kappa shape index (κ3) is 2.25. The van der Waals surface area contributed by atoms with Crippen LogP contribution in [0.2, 0.25) is 0 Å². The third-order valence-corrected chi connectivity index (χ3v) is 5.69. The predicted octanol–water partition coefficient (Wildman–Crippen LogP) is 3.61. The molecule has 2 rings (SSSR count). The van der Waals surface area contributed by atoms with Gasteiger partial charge in [0.15, 0.2) is 0 Å². The van der Waals surface area contributed by atoms with E-state index in [0.29, 0.717) is 0 Å². The number of thioether (sulfide) groups is 1. The summed E-state index contributed by atoms with van der Waals surface area (Å²) in [6.07, 6.45) is 0. The second-order valence-corrected chi connectivity index (χ2v) is 7.78. The molecule has 5 heteroatoms. The second-order valence-electron chi connectivity index (χ2n) is 6.79. The largest absolute Gasteiger partial charge is 0.525 e. The van der Waals surface area contributed by atoms with Crippen molar-refractivity contribution in [2.75, 3.05) is 11.5 Å². The Morgan fingerprint density at radius 1 is 1.11 bits per heavy atom. The Morgan fingerprint density at radius 3 is 2.00 bits per heavy atom. The van der Waals surface area contributed by atoms with E-state index in [-0.39, 0.29) is 11.1 Å². The van der Waals surface area contributed by atoms with Gasteiger partial charge in [-0.25, -0.2) is 4.39 Å². The molecule has 2 saturated heterocycles. The molecule has 2 fully saturated rings. The zero-order chi connectivity index (χ0) is 13.8. The van der Waals surface area contributed by atoms with Crippen LogP contribution >= 0.6 is 11.8 Å². The summed E-state index contributed by atoms with van der Waals surface area (Å²) in [6.45, 7) is 11.9. The van der Waals surface area contributed by atoms with Gasteiger partial charge in [0.2, 0.25) is 0 Å². The Bertz CT molecular complexity index is 374. The molecular formula is C13H22BFO2S. The van der Waals surface area contributed by atoms with E-state index < -0.39 is 18.3 Å². The molecule has 0 N–H and O–H groups in total. The molecule has 18 heavy (non-hydrogen) atoms. The van der Waals surface area contributed by atoms with Crippen LogP contribution in [0.25, 0.3) is 0 Å². The van der Waals surface area contributed by atoms with Crippen LogP contribution in [0.4, 0.5) is 4.39 Å². The first-order valence-corrected chi connectivity index (χ1v) is 7.55. The van der Waals surface area contributed by atoms with Crippen molar-refractivity contribution in [3.05, 3.63) is 11.3 Å². The van der Waals surface area contributed by atoms with Crippen LogP contribution in [0.15, 0.2) is 11.3 Å². The van der Waals surface area contributed by atoms with Crippen molar-refractivity contribution in [2.24, 2.45) is 5.41 Å². The molecule has 0 atom stereocenters. The highest BCUT2D eigenvalue weighted by Gasteiger charge is 2.54. The number of rotatable bonds is 1. The minimum Gasteiger partial charge on any atom is -0.398 e. The Hall–Kier alpha value is 0.00494. The quantitative estimate of drug-likeness (QED) is 0.679. The summed E-state index contributed by atoms with van der Waals surface area (Å²) in [6, 6.07) is 0. The van der Waals surface area contributed by atoms with Crippen LogP contribution in [0.1, 0.15) is 41.5 Å². The monoisotopic (exact) mass is 272 g/mol. The molecule has 2 heterocycles. The molecular weight excluding hydrogens is 250 g/mol. The van der Waals surface area contributed by atoms with Crippen molar-refractivity contribution in [2.45, 2.75) is 52.7 Å². The van der Waals surface area contributed by atoms with Gasteiger partial charge >= 0.3 is 7.12 Å². The summed E-state index contributed by atoms with van der Waals surface area (Å²) in [5.74, 6) is 1.69. The second kappa shape index (κ2) is 4.25. The fourth-order valence-electron chi connectivity index (χ4n) is 2.17. The lowest BCUT2D eigenvalue weighted by Crippen LogP contribution is -2.41. The van der Waals surface area contributed by atoms with Gasteiger partial charge in [-0.2, -0.15) is 11.8 Å². The molecule has 0 bridgehead atoms. The van der Waals surface area contributed by atoms with Crippen LogP contribution in [0, 0.1) is 5.41 Å². The lowest BCUT2D eigenvalue weighted by molar-refractivity contribution is 0.00578. The van der Waals surface area contributed by atoms with Crippen molar-refractivity contribution in [3.63, 3.8) is 0 Å². The first-order chi connectivity index (χ1) is 8.07. The van der Waals surface area contributed by atoms with E-state index in [9.17, 15) is 4.39 Å². The summed E-state index contributed by atoms with van der Waals surface area (Å²) in [5.41, 5.74) is -0.440. The predicted molar refractivity (Wildman–Crippen MR) is 75.3 cm³/mol. The molecule has 0 radical (unpaired) electrons. The van der Waals surface area contributed by atoms with E-state index in [0.717, 1.165) is 17.1 Å². The van der Waals surface area contributed by atoms with E-state index in [1.807, 2.05) is 27.7 Å². The fraction of sp³-hybridized carbons (Fsp3) is 0.846. The normalized spacial score (nSPS) is 31.8. The van der Waals surface area contributed by atoms with Crippen LogP contribution in [0.5, 0.6) is 0 Å². The Balaban J connectivity index is 2.27. The molecule has 0 aliphatic carbocycles. The molecule has 2 nitrogen and oxygen atoms in total. The highest BCUT2D eigenvalue weighted by atomic mass is 32.2. The summed E-state index contributed by atoms with van der Waals surface area (Å²) in [4.78, 5) is 0. The summed E-state index contributed by atoms with van der Waals surface area (Å²) < 4.78 is 26.1. The van der Waals surface area contributed by atoms with Gasteiger partial charge in [0.05, 0.1) is 11.2 Å². The molecule has 0 unspecified atom stereocenters. The summed E-state index contributed by atoms with van der Waals surface area (Å²) >= 11 is 1.77. The number of halogens is 1. The molecule has 2 aliphatic heterocycles. The highest BCUT2D eigenvalue weighted by Crippen LogP contribution is 2.45. The van der Waals surface area contributed by atoms with Gasteiger partial charge in [0, 0.05) is 11.5 Å². The van der Waals surface area contributed by atoms with E-state index in [2.05, 4.69) is 13.8 Å². The topological polar surface area (TPSA) is 18.5 Å². The first-order valence-electron chi connectivity index (χ1n) is 6.39. The molecule has 0 aromatic rings. The molecule has 2 aliphatic rings. The molecule has 0 amide bonds. The van der Waals surface area contributed by atoms with E-state index in [1.54, 1.807) is 11.8 Å². The average molecular weight is 272 g/mol. The Morgan fingerprint density at radius 2 is 1.61 bits per heavy atom. The van der Waals surface area contributed by atoms with Gasteiger partial charge < -0.3 is 9.31 Å². The SMILES string of the molecule is CC1(C)CSCC1=C(F)B1OC(C)(C)C(C)(C)O1. The van der Waals surface area contributed by atoms with Crippen molar-refractivity contribution in [1.82, 2.24) is 0 Å². The van der Waals surface area contributed by atoms with E-state index in [4.69, 9.17) is 9.31 Å². The van der Waals surface area contributed by atoms with Crippen molar-refractivity contribution in [3.8, 4) is 0 Å². The third-order valence-electron chi connectivity index (χ3n) is 4.27. The van der Waals surface area contributed by atoms with Crippen molar-refractivity contribution < 1.29 is 13.7 Å². The smallest absolute Gasteiger partial charge is 0.398 e.